The van der Waals surface area contributed by atoms with Crippen molar-refractivity contribution >= 4 is 12.4 Å². The Kier molecular flexibility index (Phi) is 9.12. The molecule has 2 aliphatic rings. The van der Waals surface area contributed by atoms with Crippen molar-refractivity contribution in [3.05, 3.63) is 46.5 Å². The van der Waals surface area contributed by atoms with Crippen LogP contribution in [0.2, 0.25) is 0 Å². The van der Waals surface area contributed by atoms with Gasteiger partial charge in [-0.25, -0.2) is 0 Å². The normalized spacial score (nSPS) is 19.0. The zero-order valence-electron chi connectivity index (χ0n) is 20.2. The fourth-order valence-corrected chi connectivity index (χ4v) is 5.15. The number of methoxy groups -OCH3 is 4. The van der Waals surface area contributed by atoms with Gasteiger partial charge >= 0.3 is 0 Å². The second-order valence-electron chi connectivity index (χ2n) is 8.61. The average Bonchev–Trinajstić information content (AvgIpc) is 2.84. The van der Waals surface area contributed by atoms with E-state index in [-0.39, 0.29) is 12.4 Å². The van der Waals surface area contributed by atoms with E-state index in [2.05, 4.69) is 34.9 Å². The van der Waals surface area contributed by atoms with E-state index >= 15 is 0 Å². The van der Waals surface area contributed by atoms with E-state index in [1.165, 1.54) is 35.1 Å². The van der Waals surface area contributed by atoms with E-state index in [4.69, 9.17) is 18.9 Å². The molecule has 0 amide bonds. The Balaban J connectivity index is 0.00000306. The molecule has 0 fully saturated rings. The van der Waals surface area contributed by atoms with Crippen LogP contribution in [-0.2, 0) is 12.8 Å². The first-order valence-electron chi connectivity index (χ1n) is 11.6. The summed E-state index contributed by atoms with van der Waals surface area (Å²) in [6.45, 7) is 2.01. The topological polar surface area (TPSA) is 61.0 Å². The van der Waals surface area contributed by atoms with E-state index in [1.54, 1.807) is 28.4 Å². The van der Waals surface area contributed by atoms with E-state index in [9.17, 15) is 0 Å². The van der Waals surface area contributed by atoms with E-state index in [1.807, 2.05) is 0 Å². The highest BCUT2D eigenvalue weighted by atomic mass is 35.5. The van der Waals surface area contributed by atoms with Gasteiger partial charge in [0.05, 0.1) is 28.4 Å². The highest BCUT2D eigenvalue weighted by Gasteiger charge is 2.24. The predicted molar refractivity (Wildman–Crippen MR) is 134 cm³/mol. The fourth-order valence-electron chi connectivity index (χ4n) is 5.15. The maximum Gasteiger partial charge on any atom is 0.161 e. The summed E-state index contributed by atoms with van der Waals surface area (Å²) in [5.41, 5.74) is 5.45. The Labute approximate surface area is 203 Å². The maximum absolute atomic E-state index is 5.54. The van der Waals surface area contributed by atoms with Gasteiger partial charge in [-0.15, -0.1) is 12.4 Å². The molecule has 0 spiro atoms. The van der Waals surface area contributed by atoms with Crippen LogP contribution in [0.3, 0.4) is 0 Å². The van der Waals surface area contributed by atoms with Crippen molar-refractivity contribution in [3.63, 3.8) is 0 Å². The van der Waals surface area contributed by atoms with Crippen molar-refractivity contribution in [2.45, 2.75) is 50.6 Å². The number of rotatable bonds is 9. The third-order valence-electron chi connectivity index (χ3n) is 6.85. The largest absolute Gasteiger partial charge is 0.493 e. The second kappa shape index (κ2) is 11.8. The Hall–Kier alpha value is -2.15. The lowest BCUT2D eigenvalue weighted by molar-refractivity contribution is 0.350. The van der Waals surface area contributed by atoms with Crippen LogP contribution < -0.4 is 29.6 Å². The van der Waals surface area contributed by atoms with Crippen LogP contribution in [0.5, 0.6) is 23.0 Å². The van der Waals surface area contributed by atoms with Crippen LogP contribution in [-0.4, -0.2) is 41.5 Å². The average molecular weight is 477 g/mol. The van der Waals surface area contributed by atoms with Crippen molar-refractivity contribution in [2.75, 3.05) is 41.5 Å². The monoisotopic (exact) mass is 476 g/mol. The van der Waals surface area contributed by atoms with Crippen LogP contribution in [0.15, 0.2) is 24.3 Å². The molecule has 0 aliphatic carbocycles. The van der Waals surface area contributed by atoms with Crippen LogP contribution in [0.25, 0.3) is 0 Å². The molecule has 0 saturated heterocycles. The van der Waals surface area contributed by atoms with Crippen LogP contribution in [0, 0.1) is 0 Å². The smallest absolute Gasteiger partial charge is 0.161 e. The lowest BCUT2D eigenvalue weighted by atomic mass is 9.88. The van der Waals surface area contributed by atoms with Gasteiger partial charge in [-0.1, -0.05) is 12.8 Å². The molecule has 7 heteroatoms. The summed E-state index contributed by atoms with van der Waals surface area (Å²) < 4.78 is 22.1. The minimum atomic E-state index is 0. The van der Waals surface area contributed by atoms with Gasteiger partial charge in [-0.05, 0) is 85.3 Å². The number of benzene rings is 2. The molecular formula is C26H37ClN2O4. The molecule has 6 nitrogen and oxygen atoms in total. The fraction of sp³-hybridized carbons (Fsp3) is 0.538. The van der Waals surface area contributed by atoms with Gasteiger partial charge in [0, 0.05) is 12.1 Å². The van der Waals surface area contributed by atoms with Crippen molar-refractivity contribution in [3.8, 4) is 23.0 Å². The molecule has 33 heavy (non-hydrogen) atoms. The summed E-state index contributed by atoms with van der Waals surface area (Å²) in [6.07, 6.45) is 6.64. The Morgan fingerprint density at radius 2 is 1.00 bits per heavy atom. The molecule has 2 aliphatic heterocycles. The summed E-state index contributed by atoms with van der Waals surface area (Å²) >= 11 is 0. The molecule has 2 aromatic carbocycles. The van der Waals surface area contributed by atoms with Gasteiger partial charge in [0.25, 0.3) is 0 Å². The van der Waals surface area contributed by atoms with E-state index in [0.717, 1.165) is 61.8 Å². The molecule has 4 rings (SSSR count). The number of fused-ring (bicyclic) bond motifs is 2. The molecule has 0 aromatic heterocycles. The van der Waals surface area contributed by atoms with E-state index in [0.29, 0.717) is 12.1 Å². The molecule has 2 atom stereocenters. The summed E-state index contributed by atoms with van der Waals surface area (Å²) in [4.78, 5) is 0. The van der Waals surface area contributed by atoms with Crippen molar-refractivity contribution in [1.29, 1.82) is 0 Å². The molecule has 0 saturated carbocycles. The second-order valence-corrected chi connectivity index (χ2v) is 8.61. The quantitative estimate of drug-likeness (QED) is 0.508. The van der Waals surface area contributed by atoms with Gasteiger partial charge in [0.1, 0.15) is 0 Å². The maximum atomic E-state index is 5.54. The molecular weight excluding hydrogens is 440 g/mol. The first-order valence-corrected chi connectivity index (χ1v) is 11.6. The van der Waals surface area contributed by atoms with Crippen molar-refractivity contribution in [2.24, 2.45) is 0 Å². The minimum absolute atomic E-state index is 0. The lowest BCUT2D eigenvalue weighted by Gasteiger charge is -2.30. The molecule has 182 valence electrons. The first-order chi connectivity index (χ1) is 15.7. The molecule has 2 unspecified atom stereocenters. The van der Waals surface area contributed by atoms with Gasteiger partial charge in [-0.3, -0.25) is 0 Å². The highest BCUT2D eigenvalue weighted by Crippen LogP contribution is 2.38. The molecule has 0 radical (unpaired) electrons. The van der Waals surface area contributed by atoms with Crippen LogP contribution in [0.4, 0.5) is 0 Å². The third-order valence-corrected chi connectivity index (χ3v) is 6.85. The molecule has 2 aromatic rings. The van der Waals surface area contributed by atoms with Gasteiger partial charge in [0.2, 0.25) is 0 Å². The van der Waals surface area contributed by atoms with Crippen LogP contribution >= 0.6 is 12.4 Å². The minimum Gasteiger partial charge on any atom is -0.493 e. The number of halogens is 1. The Morgan fingerprint density at radius 1 is 0.636 bits per heavy atom. The number of ether oxygens (including phenoxy) is 4. The van der Waals surface area contributed by atoms with Crippen molar-refractivity contribution < 1.29 is 18.9 Å². The summed E-state index contributed by atoms with van der Waals surface area (Å²) in [5.74, 6) is 3.27. The lowest BCUT2D eigenvalue weighted by Crippen LogP contribution is -2.30. The number of nitrogens with one attached hydrogen (secondary N) is 2. The molecule has 0 bridgehead atoms. The predicted octanol–water partition coefficient (Wildman–Crippen LogP) is 4.78. The third kappa shape index (κ3) is 5.51. The van der Waals surface area contributed by atoms with E-state index < -0.39 is 0 Å². The SMILES string of the molecule is COc1cc2c(cc1OC)C(CCCCC1NCCc3cc(OC)c(OC)cc31)NCC2.Cl. The Bertz CT molecular complexity index is 861. The standard InChI is InChI=1S/C26H36N2O4.ClH/c1-29-23-13-17-9-11-27-21(19(17)15-25(23)31-3)7-5-6-8-22-20-16-26(32-4)24(30-2)14-18(20)10-12-28-22;/h13-16,21-22,27-28H,5-12H2,1-4H3;1H. The summed E-state index contributed by atoms with van der Waals surface area (Å²) in [7, 11) is 6.81. The van der Waals surface area contributed by atoms with Gasteiger partial charge in [0.15, 0.2) is 23.0 Å². The van der Waals surface area contributed by atoms with Gasteiger partial charge < -0.3 is 29.6 Å². The number of unbranched alkanes of at least 4 members (excludes halogenated alkanes) is 1. The number of hydrogen-bond acceptors (Lipinski definition) is 6. The summed E-state index contributed by atoms with van der Waals surface area (Å²) in [5, 5.41) is 7.41. The van der Waals surface area contributed by atoms with Crippen molar-refractivity contribution in [1.82, 2.24) is 10.6 Å². The molecule has 2 heterocycles. The molecule has 2 N–H and O–H groups in total. The summed E-state index contributed by atoms with van der Waals surface area (Å²) in [6, 6.07) is 9.34. The highest BCUT2D eigenvalue weighted by molar-refractivity contribution is 5.85. The first kappa shape index (κ1) is 25.5. The zero-order chi connectivity index (χ0) is 22.5. The zero-order valence-corrected chi connectivity index (χ0v) is 21.0. The van der Waals surface area contributed by atoms with Crippen LogP contribution in [0.1, 0.15) is 60.0 Å². The van der Waals surface area contributed by atoms with Gasteiger partial charge in [-0.2, -0.15) is 0 Å². The Morgan fingerprint density at radius 3 is 1.36 bits per heavy atom. The number of hydrogen-bond donors (Lipinski definition) is 2.